The molecule has 188 valence electrons. The Morgan fingerprint density at radius 2 is 1.39 bits per heavy atom. The zero-order valence-corrected chi connectivity index (χ0v) is 20.7. The lowest BCUT2D eigenvalue weighted by Crippen LogP contribution is -2.37. The van der Waals surface area contributed by atoms with Crippen molar-refractivity contribution >= 4 is 40.8 Å². The van der Waals surface area contributed by atoms with Crippen molar-refractivity contribution in [3.8, 4) is 5.75 Å². The van der Waals surface area contributed by atoms with Crippen LogP contribution in [0.4, 0.5) is 11.4 Å². The Morgan fingerprint density at radius 1 is 0.763 bits per heavy atom. The van der Waals surface area contributed by atoms with Crippen LogP contribution in [0.2, 0.25) is 5.02 Å². The summed E-state index contributed by atoms with van der Waals surface area (Å²) < 4.78 is 5.51. The number of halogens is 1. The van der Waals surface area contributed by atoms with Crippen molar-refractivity contribution in [3.63, 3.8) is 0 Å². The quantitative estimate of drug-likeness (QED) is 0.192. The number of carbonyl (C=O) groups excluding carboxylic acids is 3. The predicted octanol–water partition coefficient (Wildman–Crippen LogP) is 5.61. The highest BCUT2D eigenvalue weighted by atomic mass is 35.5. The first-order valence-electron chi connectivity index (χ1n) is 12.0. The lowest BCUT2D eigenvalue weighted by Gasteiger charge is -2.29. The third kappa shape index (κ3) is 4.12. The van der Waals surface area contributed by atoms with E-state index in [9.17, 15) is 14.4 Å². The Balaban J connectivity index is 1.34. The minimum atomic E-state index is -1.01. The highest BCUT2D eigenvalue weighted by molar-refractivity contribution is 6.36. The third-order valence-electron chi connectivity index (χ3n) is 6.66. The van der Waals surface area contributed by atoms with E-state index in [-0.39, 0.29) is 0 Å². The molecular formula is C30H21ClN2O5. The molecule has 2 amide bonds. The van der Waals surface area contributed by atoms with Gasteiger partial charge >= 0.3 is 5.97 Å². The van der Waals surface area contributed by atoms with Gasteiger partial charge in [0.25, 0.3) is 5.91 Å². The third-order valence-corrected chi connectivity index (χ3v) is 6.98. The van der Waals surface area contributed by atoms with E-state index in [1.54, 1.807) is 77.9 Å². The van der Waals surface area contributed by atoms with Crippen LogP contribution in [0.3, 0.4) is 0 Å². The molecule has 2 saturated heterocycles. The maximum absolute atomic E-state index is 13.8. The Labute approximate surface area is 223 Å². The van der Waals surface area contributed by atoms with Gasteiger partial charge in [0.05, 0.1) is 28.0 Å². The molecule has 0 unspecified atom stereocenters. The number of ether oxygens (including phenoxy) is 1. The maximum Gasteiger partial charge on any atom is 0.343 e. The van der Waals surface area contributed by atoms with Gasteiger partial charge in [-0.2, -0.15) is 0 Å². The fourth-order valence-electron chi connectivity index (χ4n) is 4.90. The topological polar surface area (TPSA) is 76.2 Å². The summed E-state index contributed by atoms with van der Waals surface area (Å²) in [6.45, 7) is 0. The van der Waals surface area contributed by atoms with E-state index >= 15 is 0 Å². The van der Waals surface area contributed by atoms with E-state index in [0.717, 1.165) is 10.5 Å². The number of imide groups is 1. The SMILES string of the molecule is O=C(Oc1ccc([C@@H]2[C@@H]3C(=O)N(c4ccccc4Cl)C(=O)[C@@H]3ON2c2ccccc2)cc1)c1ccccc1. The summed E-state index contributed by atoms with van der Waals surface area (Å²) in [6, 6.07) is 31.0. The number of rotatable bonds is 5. The normalized spacial score (nSPS) is 20.5. The maximum atomic E-state index is 13.8. The summed E-state index contributed by atoms with van der Waals surface area (Å²) in [5.41, 5.74) is 2.20. The second kappa shape index (κ2) is 9.78. The molecule has 7 nitrogen and oxygen atoms in total. The summed E-state index contributed by atoms with van der Waals surface area (Å²) in [6.07, 6.45) is -1.01. The number of anilines is 2. The van der Waals surface area contributed by atoms with Gasteiger partial charge in [-0.1, -0.05) is 72.3 Å². The van der Waals surface area contributed by atoms with Crippen LogP contribution in [0.5, 0.6) is 5.75 Å². The lowest BCUT2D eigenvalue weighted by atomic mass is 9.90. The molecular weight excluding hydrogens is 504 g/mol. The van der Waals surface area contributed by atoms with Gasteiger partial charge in [0, 0.05) is 0 Å². The van der Waals surface area contributed by atoms with Crippen LogP contribution in [-0.4, -0.2) is 23.9 Å². The molecule has 0 aromatic heterocycles. The number of benzene rings is 4. The fraction of sp³-hybridized carbons (Fsp3) is 0.100. The summed E-state index contributed by atoms with van der Waals surface area (Å²) in [5.74, 6) is -1.78. The molecule has 0 bridgehead atoms. The van der Waals surface area contributed by atoms with Crippen molar-refractivity contribution in [1.29, 1.82) is 0 Å². The van der Waals surface area contributed by atoms with Crippen molar-refractivity contribution in [2.45, 2.75) is 12.1 Å². The number of hydrogen-bond acceptors (Lipinski definition) is 6. The van der Waals surface area contributed by atoms with Gasteiger partial charge in [-0.3, -0.25) is 14.4 Å². The number of esters is 1. The van der Waals surface area contributed by atoms with E-state index in [4.69, 9.17) is 21.2 Å². The van der Waals surface area contributed by atoms with Crippen molar-refractivity contribution in [3.05, 3.63) is 125 Å². The van der Waals surface area contributed by atoms with E-state index in [1.165, 1.54) is 0 Å². The van der Waals surface area contributed by atoms with Gasteiger partial charge in [-0.25, -0.2) is 14.8 Å². The monoisotopic (exact) mass is 524 g/mol. The molecule has 0 radical (unpaired) electrons. The fourth-order valence-corrected chi connectivity index (χ4v) is 5.12. The summed E-state index contributed by atoms with van der Waals surface area (Å²) in [4.78, 5) is 46.9. The van der Waals surface area contributed by atoms with Crippen molar-refractivity contribution < 1.29 is 24.0 Å². The average molecular weight is 525 g/mol. The highest BCUT2D eigenvalue weighted by Crippen LogP contribution is 2.48. The Hall–Kier alpha value is -4.46. The molecule has 3 atom stereocenters. The van der Waals surface area contributed by atoms with E-state index < -0.39 is 35.8 Å². The molecule has 4 aromatic carbocycles. The molecule has 0 saturated carbocycles. The summed E-state index contributed by atoms with van der Waals surface area (Å²) >= 11 is 6.33. The van der Waals surface area contributed by atoms with Gasteiger partial charge in [0.2, 0.25) is 5.91 Å². The Morgan fingerprint density at radius 3 is 2.08 bits per heavy atom. The molecule has 0 spiro atoms. The largest absolute Gasteiger partial charge is 0.423 e. The lowest BCUT2D eigenvalue weighted by molar-refractivity contribution is -0.126. The highest BCUT2D eigenvalue weighted by Gasteiger charge is 2.60. The van der Waals surface area contributed by atoms with Gasteiger partial charge in [0.1, 0.15) is 11.7 Å². The zero-order valence-electron chi connectivity index (χ0n) is 19.9. The van der Waals surface area contributed by atoms with E-state index in [2.05, 4.69) is 0 Å². The molecule has 6 rings (SSSR count). The Kier molecular flexibility index (Phi) is 6.15. The number of amides is 2. The number of nitrogens with zero attached hydrogens (tertiary/aromatic N) is 2. The van der Waals surface area contributed by atoms with Gasteiger partial charge < -0.3 is 4.74 Å². The zero-order chi connectivity index (χ0) is 26.2. The van der Waals surface area contributed by atoms with Crippen LogP contribution in [0.15, 0.2) is 109 Å². The molecule has 2 aliphatic heterocycles. The van der Waals surface area contributed by atoms with Crippen molar-refractivity contribution in [1.82, 2.24) is 0 Å². The first-order chi connectivity index (χ1) is 18.5. The number of fused-ring (bicyclic) bond motifs is 1. The molecule has 2 heterocycles. The molecule has 38 heavy (non-hydrogen) atoms. The smallest absolute Gasteiger partial charge is 0.343 e. The van der Waals surface area contributed by atoms with Crippen LogP contribution in [-0.2, 0) is 14.4 Å². The van der Waals surface area contributed by atoms with Gasteiger partial charge in [-0.05, 0) is 54.1 Å². The predicted molar refractivity (Wildman–Crippen MR) is 142 cm³/mol. The first-order valence-corrected chi connectivity index (χ1v) is 12.4. The second-order valence-electron chi connectivity index (χ2n) is 8.95. The van der Waals surface area contributed by atoms with Gasteiger partial charge in [-0.15, -0.1) is 0 Å². The number of para-hydroxylation sites is 2. The van der Waals surface area contributed by atoms with Gasteiger partial charge in [0.15, 0.2) is 6.10 Å². The van der Waals surface area contributed by atoms with Crippen molar-refractivity contribution in [2.24, 2.45) is 5.92 Å². The van der Waals surface area contributed by atoms with Crippen LogP contribution >= 0.6 is 11.6 Å². The number of carbonyl (C=O) groups is 3. The van der Waals surface area contributed by atoms with Crippen LogP contribution in [0.1, 0.15) is 22.0 Å². The van der Waals surface area contributed by atoms with Crippen molar-refractivity contribution in [2.75, 3.05) is 9.96 Å². The Bertz CT molecular complexity index is 1510. The molecule has 0 N–H and O–H groups in total. The average Bonchev–Trinajstić information content (AvgIpc) is 3.46. The van der Waals surface area contributed by atoms with Crippen LogP contribution < -0.4 is 14.7 Å². The van der Waals surface area contributed by atoms with Crippen LogP contribution in [0, 0.1) is 5.92 Å². The standard InChI is InChI=1S/C30H21ClN2O5/c31-23-13-7-8-14-24(23)32-28(34)25-26(33(38-27(25)29(32)35)21-11-5-2-6-12-21)19-15-17-22(18-16-19)37-30(36)20-9-3-1-4-10-20/h1-18,25-27H/t25-,26+,27+/m0/s1. The number of hydroxylamine groups is 1. The van der Waals surface area contributed by atoms with E-state index in [1.807, 2.05) is 36.4 Å². The summed E-state index contributed by atoms with van der Waals surface area (Å²) in [5, 5.41) is 1.91. The summed E-state index contributed by atoms with van der Waals surface area (Å²) in [7, 11) is 0. The molecule has 8 heteroatoms. The molecule has 4 aromatic rings. The molecule has 0 aliphatic carbocycles. The second-order valence-corrected chi connectivity index (χ2v) is 9.35. The first kappa shape index (κ1) is 23.9. The number of hydrogen-bond donors (Lipinski definition) is 0. The molecule has 2 fully saturated rings. The molecule has 2 aliphatic rings. The minimum Gasteiger partial charge on any atom is -0.423 e. The van der Waals surface area contributed by atoms with E-state index in [0.29, 0.717) is 27.7 Å². The van der Waals surface area contributed by atoms with Crippen LogP contribution in [0.25, 0.3) is 0 Å². The minimum absolute atomic E-state index is 0.301.